The molecule has 1 amide bonds. The fraction of sp³-hybridized carbons (Fsp3) is 0.462. The number of carbonyl (C=O) groups excluding carboxylic acids is 1. The number of hydrogen-bond donors (Lipinski definition) is 1. The maximum atomic E-state index is 11.7. The highest BCUT2D eigenvalue weighted by Crippen LogP contribution is 2.19. The van der Waals surface area contributed by atoms with Gasteiger partial charge in [-0.1, -0.05) is 23.7 Å². The van der Waals surface area contributed by atoms with Crippen molar-refractivity contribution in [2.45, 2.75) is 18.3 Å². The van der Waals surface area contributed by atoms with E-state index >= 15 is 0 Å². The van der Waals surface area contributed by atoms with Gasteiger partial charge in [0.2, 0.25) is 5.91 Å². The van der Waals surface area contributed by atoms with E-state index in [0.717, 1.165) is 5.56 Å². The van der Waals surface area contributed by atoms with Crippen LogP contribution < -0.4 is 5.32 Å². The maximum Gasteiger partial charge on any atom is 0.232 e. The molecule has 18 heavy (non-hydrogen) atoms. The van der Waals surface area contributed by atoms with Gasteiger partial charge in [-0.05, 0) is 30.9 Å². The Bertz CT molecular complexity index is 400. The van der Waals surface area contributed by atoms with Gasteiger partial charge in [0.15, 0.2) is 0 Å². The van der Waals surface area contributed by atoms with Crippen molar-refractivity contribution in [3.05, 3.63) is 34.9 Å². The van der Waals surface area contributed by atoms with Crippen molar-refractivity contribution in [2.75, 3.05) is 19.9 Å². The van der Waals surface area contributed by atoms with Gasteiger partial charge in [-0.3, -0.25) is 4.79 Å². The van der Waals surface area contributed by atoms with Crippen molar-refractivity contribution >= 4 is 29.3 Å². The van der Waals surface area contributed by atoms with E-state index in [9.17, 15) is 4.79 Å². The van der Waals surface area contributed by atoms with Crippen molar-refractivity contribution in [3.63, 3.8) is 0 Å². The standard InChI is InChI=1S/C13H18ClNO2S/c1-9(18-3)13(16)15-8-12(17-2)10-5-4-6-11(14)7-10/h4-7,9,12H,8H2,1-3H3,(H,15,16)/t9-,12+/m1/s1. The Labute approximate surface area is 117 Å². The van der Waals surface area contributed by atoms with E-state index in [4.69, 9.17) is 16.3 Å². The molecule has 1 N–H and O–H groups in total. The van der Waals surface area contributed by atoms with Crippen LogP contribution in [0.1, 0.15) is 18.6 Å². The molecule has 0 heterocycles. The Hall–Kier alpha value is -0.710. The first kappa shape index (κ1) is 15.3. The molecule has 100 valence electrons. The largest absolute Gasteiger partial charge is 0.375 e. The van der Waals surface area contributed by atoms with Gasteiger partial charge in [-0.2, -0.15) is 11.8 Å². The minimum Gasteiger partial charge on any atom is -0.375 e. The summed E-state index contributed by atoms with van der Waals surface area (Å²) in [6.07, 6.45) is 1.73. The molecule has 0 aromatic heterocycles. The van der Waals surface area contributed by atoms with Gasteiger partial charge in [0.25, 0.3) is 0 Å². The Balaban J connectivity index is 2.60. The van der Waals surface area contributed by atoms with Crippen LogP contribution in [-0.4, -0.2) is 31.1 Å². The summed E-state index contributed by atoms with van der Waals surface area (Å²) in [6, 6.07) is 7.46. The molecule has 5 heteroatoms. The summed E-state index contributed by atoms with van der Waals surface area (Å²) >= 11 is 7.45. The van der Waals surface area contributed by atoms with Gasteiger partial charge < -0.3 is 10.1 Å². The fourth-order valence-corrected chi connectivity index (χ4v) is 1.98. The molecule has 0 fully saturated rings. The fourth-order valence-electron chi connectivity index (χ4n) is 1.49. The Morgan fingerprint density at radius 3 is 2.83 bits per heavy atom. The second-order valence-electron chi connectivity index (χ2n) is 3.90. The van der Waals surface area contributed by atoms with E-state index in [-0.39, 0.29) is 17.3 Å². The highest BCUT2D eigenvalue weighted by atomic mass is 35.5. The molecule has 1 aromatic carbocycles. The number of rotatable bonds is 6. The average Bonchev–Trinajstić information content (AvgIpc) is 2.38. The first-order chi connectivity index (χ1) is 8.58. The Morgan fingerprint density at radius 2 is 2.28 bits per heavy atom. The zero-order valence-electron chi connectivity index (χ0n) is 10.8. The van der Waals surface area contributed by atoms with Crippen molar-refractivity contribution < 1.29 is 9.53 Å². The van der Waals surface area contributed by atoms with Crippen LogP contribution in [0.2, 0.25) is 5.02 Å². The van der Waals surface area contributed by atoms with Crippen LogP contribution in [0, 0.1) is 0 Å². The van der Waals surface area contributed by atoms with E-state index in [0.29, 0.717) is 11.6 Å². The Kier molecular flexibility index (Phi) is 6.54. The van der Waals surface area contributed by atoms with E-state index in [1.54, 1.807) is 7.11 Å². The number of amides is 1. The maximum absolute atomic E-state index is 11.7. The van der Waals surface area contributed by atoms with E-state index in [2.05, 4.69) is 5.32 Å². The molecule has 0 aliphatic rings. The lowest BCUT2D eigenvalue weighted by atomic mass is 10.1. The zero-order valence-corrected chi connectivity index (χ0v) is 12.3. The molecule has 3 nitrogen and oxygen atoms in total. The van der Waals surface area contributed by atoms with Crippen LogP contribution in [-0.2, 0) is 9.53 Å². The zero-order chi connectivity index (χ0) is 13.5. The number of benzene rings is 1. The van der Waals surface area contributed by atoms with Crippen LogP contribution >= 0.6 is 23.4 Å². The molecule has 1 rings (SSSR count). The summed E-state index contributed by atoms with van der Waals surface area (Å²) in [5.74, 6) is 0.0200. The van der Waals surface area contributed by atoms with Gasteiger partial charge in [0.1, 0.15) is 0 Å². The van der Waals surface area contributed by atoms with Crippen molar-refractivity contribution in [1.82, 2.24) is 5.32 Å². The topological polar surface area (TPSA) is 38.3 Å². The van der Waals surface area contributed by atoms with Crippen molar-refractivity contribution in [1.29, 1.82) is 0 Å². The monoisotopic (exact) mass is 287 g/mol. The lowest BCUT2D eigenvalue weighted by Gasteiger charge is -2.18. The number of hydrogen-bond acceptors (Lipinski definition) is 3. The predicted molar refractivity (Wildman–Crippen MR) is 77.2 cm³/mol. The summed E-state index contributed by atoms with van der Waals surface area (Å²) in [5.41, 5.74) is 0.960. The highest BCUT2D eigenvalue weighted by Gasteiger charge is 2.15. The molecule has 0 aliphatic heterocycles. The minimum atomic E-state index is -0.179. The second-order valence-corrected chi connectivity index (χ2v) is 5.52. The van der Waals surface area contributed by atoms with Crippen LogP contribution in [0.4, 0.5) is 0 Å². The number of ether oxygens (including phenoxy) is 1. The molecule has 0 bridgehead atoms. The van der Waals surface area contributed by atoms with Gasteiger partial charge in [-0.25, -0.2) is 0 Å². The van der Waals surface area contributed by atoms with E-state index in [1.807, 2.05) is 37.4 Å². The number of halogens is 1. The molecule has 0 saturated heterocycles. The molecule has 0 unspecified atom stereocenters. The van der Waals surface area contributed by atoms with Crippen LogP contribution in [0.15, 0.2) is 24.3 Å². The van der Waals surface area contributed by atoms with Crippen molar-refractivity contribution in [3.8, 4) is 0 Å². The third-order valence-electron chi connectivity index (χ3n) is 2.69. The summed E-state index contributed by atoms with van der Waals surface area (Å²) in [4.78, 5) is 11.7. The summed E-state index contributed by atoms with van der Waals surface area (Å²) in [7, 11) is 1.62. The second kappa shape index (κ2) is 7.67. The quantitative estimate of drug-likeness (QED) is 0.874. The van der Waals surface area contributed by atoms with Gasteiger partial charge in [0.05, 0.1) is 11.4 Å². The highest BCUT2D eigenvalue weighted by molar-refractivity contribution is 7.99. The molecule has 0 spiro atoms. The lowest BCUT2D eigenvalue weighted by molar-refractivity contribution is -0.120. The average molecular weight is 288 g/mol. The SMILES string of the molecule is CO[C@@H](CNC(=O)[C@@H](C)SC)c1cccc(Cl)c1. The van der Waals surface area contributed by atoms with E-state index in [1.165, 1.54) is 11.8 Å². The van der Waals surface area contributed by atoms with Gasteiger partial charge in [0, 0.05) is 18.7 Å². The molecule has 0 saturated carbocycles. The number of nitrogens with one attached hydrogen (secondary N) is 1. The normalized spacial score (nSPS) is 14.0. The molecule has 2 atom stereocenters. The van der Waals surface area contributed by atoms with Crippen LogP contribution in [0.3, 0.4) is 0 Å². The summed E-state index contributed by atoms with van der Waals surface area (Å²) in [6.45, 7) is 2.32. The molecular weight excluding hydrogens is 270 g/mol. The lowest BCUT2D eigenvalue weighted by Crippen LogP contribution is -2.34. The number of methoxy groups -OCH3 is 1. The number of carbonyl (C=O) groups is 1. The summed E-state index contributed by atoms with van der Waals surface area (Å²) < 4.78 is 5.37. The van der Waals surface area contributed by atoms with Gasteiger partial charge in [-0.15, -0.1) is 0 Å². The van der Waals surface area contributed by atoms with Crippen LogP contribution in [0.25, 0.3) is 0 Å². The molecule has 0 radical (unpaired) electrons. The van der Waals surface area contributed by atoms with Gasteiger partial charge >= 0.3 is 0 Å². The molecular formula is C13H18ClNO2S. The minimum absolute atomic E-state index is 0.0200. The predicted octanol–water partition coefficient (Wildman–Crippen LogP) is 2.90. The Morgan fingerprint density at radius 1 is 1.56 bits per heavy atom. The molecule has 1 aromatic rings. The van der Waals surface area contributed by atoms with Crippen molar-refractivity contribution in [2.24, 2.45) is 0 Å². The molecule has 0 aliphatic carbocycles. The third-order valence-corrected chi connectivity index (χ3v) is 3.85. The number of thioether (sulfide) groups is 1. The smallest absolute Gasteiger partial charge is 0.232 e. The first-order valence-corrected chi connectivity index (χ1v) is 7.33. The van der Waals surface area contributed by atoms with E-state index < -0.39 is 0 Å². The first-order valence-electron chi connectivity index (χ1n) is 5.67. The van der Waals surface area contributed by atoms with Crippen LogP contribution in [0.5, 0.6) is 0 Å². The summed E-state index contributed by atoms with van der Waals surface area (Å²) in [5, 5.41) is 3.49. The third kappa shape index (κ3) is 4.52.